The maximum Gasteiger partial charge on any atom is 0.353 e. The van der Waals surface area contributed by atoms with Gasteiger partial charge in [-0.05, 0) is 6.42 Å². The number of carbonyl (C=O) groups is 5. The lowest BCUT2D eigenvalue weighted by atomic mass is 10.1. The number of carboxylic acid groups (broad SMARTS) is 1. The highest BCUT2D eigenvalue weighted by molar-refractivity contribution is 5.89. The van der Waals surface area contributed by atoms with Gasteiger partial charge in [-0.3, -0.25) is 9.59 Å². The summed E-state index contributed by atoms with van der Waals surface area (Å²) in [6.07, 6.45) is -4.48. The number of hydrogen-bond donors (Lipinski definition) is 1. The lowest BCUT2D eigenvalue weighted by Crippen LogP contribution is -2.46. The van der Waals surface area contributed by atoms with Crippen LogP contribution in [-0.4, -0.2) is 53.8 Å². The number of hydrogen-bond acceptors (Lipinski definition) is 9. The molecule has 0 aliphatic heterocycles. The lowest BCUT2D eigenvalue weighted by molar-refractivity contribution is -0.193. The predicted molar refractivity (Wildman–Crippen MR) is 99.9 cm³/mol. The minimum absolute atomic E-state index is 0.0921. The minimum Gasteiger partial charge on any atom is -0.478 e. The quantitative estimate of drug-likeness (QED) is 0.316. The number of rotatable bonds is 11. The zero-order valence-electron chi connectivity index (χ0n) is 16.9. The van der Waals surface area contributed by atoms with Crippen molar-refractivity contribution in [2.45, 2.75) is 51.9 Å². The zero-order chi connectivity index (χ0) is 22.7. The van der Waals surface area contributed by atoms with Crippen molar-refractivity contribution in [2.24, 2.45) is 0 Å². The van der Waals surface area contributed by atoms with E-state index >= 15 is 0 Å². The standard InChI is InChI=1S/C20H24O10/c1-4-5-11-27-19(25)15(14-9-7-6-8-10-14)30-20(26)17(29-13(3)22)16(18(23)24)28-12(2)21/h6-10,15-17H,4-5,11H2,1-3H3,(H,23,24)/t15-,16+,17+/m0/s1. The summed E-state index contributed by atoms with van der Waals surface area (Å²) >= 11 is 0. The summed E-state index contributed by atoms with van der Waals surface area (Å²) in [6.45, 7) is 3.84. The highest BCUT2D eigenvalue weighted by Gasteiger charge is 2.42. The van der Waals surface area contributed by atoms with Gasteiger partial charge >= 0.3 is 29.8 Å². The van der Waals surface area contributed by atoms with Crippen LogP contribution in [-0.2, 0) is 42.9 Å². The molecule has 3 atom stereocenters. The molecule has 0 heterocycles. The first-order chi connectivity index (χ1) is 14.2. The molecule has 10 heteroatoms. The zero-order valence-corrected chi connectivity index (χ0v) is 16.9. The number of benzene rings is 1. The normalized spacial score (nSPS) is 13.3. The monoisotopic (exact) mass is 424 g/mol. The molecule has 0 aliphatic carbocycles. The summed E-state index contributed by atoms with van der Waals surface area (Å²) in [4.78, 5) is 59.2. The molecule has 0 unspecified atom stereocenters. The van der Waals surface area contributed by atoms with Crippen molar-refractivity contribution in [3.63, 3.8) is 0 Å². The predicted octanol–water partition coefficient (Wildman–Crippen LogP) is 1.56. The Morgan fingerprint density at radius 1 is 0.867 bits per heavy atom. The van der Waals surface area contributed by atoms with E-state index in [9.17, 15) is 29.1 Å². The van der Waals surface area contributed by atoms with Crippen molar-refractivity contribution in [1.82, 2.24) is 0 Å². The Kier molecular flexibility index (Phi) is 10.0. The van der Waals surface area contributed by atoms with Crippen molar-refractivity contribution in [3.8, 4) is 0 Å². The van der Waals surface area contributed by atoms with Crippen LogP contribution < -0.4 is 0 Å². The Hall–Kier alpha value is -3.43. The maximum atomic E-state index is 12.7. The van der Waals surface area contributed by atoms with Gasteiger partial charge in [-0.2, -0.15) is 0 Å². The molecule has 1 aromatic rings. The van der Waals surface area contributed by atoms with Gasteiger partial charge in [0.25, 0.3) is 0 Å². The van der Waals surface area contributed by atoms with E-state index in [4.69, 9.17) is 14.2 Å². The first kappa shape index (κ1) is 24.6. The SMILES string of the molecule is CCCCOC(=O)[C@@H](OC(=O)[C@H](OC(C)=O)[C@@H](OC(C)=O)C(=O)O)c1ccccc1. The summed E-state index contributed by atoms with van der Waals surface area (Å²) < 4.78 is 19.6. The van der Waals surface area contributed by atoms with Gasteiger partial charge in [0.1, 0.15) is 0 Å². The number of carbonyl (C=O) groups excluding carboxylic acids is 4. The van der Waals surface area contributed by atoms with Crippen molar-refractivity contribution in [2.75, 3.05) is 6.61 Å². The van der Waals surface area contributed by atoms with Crippen LogP contribution in [0.3, 0.4) is 0 Å². The number of ether oxygens (including phenoxy) is 4. The molecule has 0 saturated carbocycles. The molecule has 0 aliphatic rings. The second-order valence-corrected chi connectivity index (χ2v) is 6.15. The van der Waals surface area contributed by atoms with E-state index in [1.165, 1.54) is 12.1 Å². The summed E-state index contributed by atoms with van der Waals surface area (Å²) in [5, 5.41) is 9.29. The third kappa shape index (κ3) is 7.90. The number of esters is 4. The average Bonchev–Trinajstić information content (AvgIpc) is 2.68. The van der Waals surface area contributed by atoms with Gasteiger partial charge in [0.15, 0.2) is 0 Å². The van der Waals surface area contributed by atoms with Crippen LogP contribution in [0.2, 0.25) is 0 Å². The maximum absolute atomic E-state index is 12.7. The van der Waals surface area contributed by atoms with Gasteiger partial charge in [0.05, 0.1) is 6.61 Å². The highest BCUT2D eigenvalue weighted by atomic mass is 16.6. The van der Waals surface area contributed by atoms with Gasteiger partial charge in [-0.15, -0.1) is 0 Å². The van der Waals surface area contributed by atoms with Crippen LogP contribution in [0.15, 0.2) is 30.3 Å². The molecule has 1 N–H and O–H groups in total. The molecule has 0 saturated heterocycles. The van der Waals surface area contributed by atoms with Gasteiger partial charge < -0.3 is 24.1 Å². The molecular weight excluding hydrogens is 400 g/mol. The van der Waals surface area contributed by atoms with E-state index in [2.05, 4.69) is 4.74 Å². The first-order valence-electron chi connectivity index (χ1n) is 9.16. The largest absolute Gasteiger partial charge is 0.478 e. The Balaban J connectivity index is 3.17. The molecule has 1 aromatic carbocycles. The molecule has 0 fully saturated rings. The Bertz CT molecular complexity index is 758. The number of aliphatic carboxylic acids is 1. The van der Waals surface area contributed by atoms with Gasteiger partial charge in [0.2, 0.25) is 18.3 Å². The molecule has 0 bridgehead atoms. The second kappa shape index (κ2) is 12.2. The summed E-state index contributed by atoms with van der Waals surface area (Å²) in [6, 6.07) is 7.87. The average molecular weight is 424 g/mol. The van der Waals surface area contributed by atoms with E-state index in [1.54, 1.807) is 18.2 Å². The van der Waals surface area contributed by atoms with E-state index in [-0.39, 0.29) is 12.2 Å². The van der Waals surface area contributed by atoms with Crippen molar-refractivity contribution in [1.29, 1.82) is 0 Å². The fourth-order valence-electron chi connectivity index (χ4n) is 2.29. The third-order valence-electron chi connectivity index (χ3n) is 3.63. The first-order valence-corrected chi connectivity index (χ1v) is 9.16. The van der Waals surface area contributed by atoms with Crippen LogP contribution in [0.5, 0.6) is 0 Å². The fourth-order valence-corrected chi connectivity index (χ4v) is 2.29. The molecule has 30 heavy (non-hydrogen) atoms. The Morgan fingerprint density at radius 2 is 1.43 bits per heavy atom. The van der Waals surface area contributed by atoms with Crippen LogP contribution >= 0.6 is 0 Å². The van der Waals surface area contributed by atoms with Crippen LogP contribution in [0.1, 0.15) is 45.3 Å². The van der Waals surface area contributed by atoms with E-state index < -0.39 is 48.2 Å². The summed E-state index contributed by atoms with van der Waals surface area (Å²) in [5.74, 6) is -6.05. The van der Waals surface area contributed by atoms with E-state index in [0.29, 0.717) is 6.42 Å². The summed E-state index contributed by atoms with van der Waals surface area (Å²) in [7, 11) is 0. The highest BCUT2D eigenvalue weighted by Crippen LogP contribution is 2.22. The van der Waals surface area contributed by atoms with Crippen LogP contribution in [0.4, 0.5) is 0 Å². The lowest BCUT2D eigenvalue weighted by Gasteiger charge is -2.24. The molecule has 10 nitrogen and oxygen atoms in total. The second-order valence-electron chi connectivity index (χ2n) is 6.15. The van der Waals surface area contributed by atoms with Gasteiger partial charge in [-0.25, -0.2) is 14.4 Å². The number of carboxylic acids is 1. The van der Waals surface area contributed by atoms with Crippen LogP contribution in [0.25, 0.3) is 0 Å². The van der Waals surface area contributed by atoms with Gasteiger partial charge in [0, 0.05) is 19.4 Å². The third-order valence-corrected chi connectivity index (χ3v) is 3.63. The van der Waals surface area contributed by atoms with Crippen molar-refractivity contribution in [3.05, 3.63) is 35.9 Å². The van der Waals surface area contributed by atoms with Crippen LogP contribution in [0, 0.1) is 0 Å². The minimum atomic E-state index is -2.16. The molecule has 0 aromatic heterocycles. The molecule has 1 rings (SSSR count). The molecule has 164 valence electrons. The van der Waals surface area contributed by atoms with Gasteiger partial charge in [-0.1, -0.05) is 43.7 Å². The Labute approximate surface area is 173 Å². The topological polar surface area (TPSA) is 142 Å². The smallest absolute Gasteiger partial charge is 0.353 e. The molecular formula is C20H24O10. The van der Waals surface area contributed by atoms with E-state index in [0.717, 1.165) is 20.3 Å². The van der Waals surface area contributed by atoms with Crippen molar-refractivity contribution < 1.29 is 48.0 Å². The molecule has 0 radical (unpaired) electrons. The van der Waals surface area contributed by atoms with E-state index in [1.807, 2.05) is 6.92 Å². The number of unbranched alkanes of at least 4 members (excludes halogenated alkanes) is 1. The Morgan fingerprint density at radius 3 is 1.93 bits per heavy atom. The fraction of sp³-hybridized carbons (Fsp3) is 0.450. The summed E-state index contributed by atoms with van der Waals surface area (Å²) in [5.41, 5.74) is 0.258. The molecule has 0 amide bonds. The molecule has 0 spiro atoms. The van der Waals surface area contributed by atoms with Crippen molar-refractivity contribution >= 4 is 29.8 Å².